The highest BCUT2D eigenvalue weighted by Gasteiger charge is 2.60. The van der Waals surface area contributed by atoms with Crippen LogP contribution in [-0.4, -0.2) is 46.6 Å². The number of ether oxygens (including phenoxy) is 3. The maximum atomic E-state index is 14.9. The Bertz CT molecular complexity index is 1520. The first-order valence-corrected chi connectivity index (χ1v) is 13.2. The smallest absolute Gasteiger partial charge is 0.417 e. The van der Waals surface area contributed by atoms with Gasteiger partial charge in [0, 0.05) is 30.2 Å². The van der Waals surface area contributed by atoms with Crippen molar-refractivity contribution >= 4 is 5.97 Å². The van der Waals surface area contributed by atoms with Gasteiger partial charge in [-0.05, 0) is 71.3 Å². The van der Waals surface area contributed by atoms with E-state index in [1.807, 2.05) is 0 Å². The van der Waals surface area contributed by atoms with E-state index in [-0.39, 0.29) is 60.8 Å². The van der Waals surface area contributed by atoms with Crippen molar-refractivity contribution in [1.82, 2.24) is 4.98 Å². The minimum Gasteiger partial charge on any atom is -0.493 e. The molecular formula is C30H27F4NO6. The van der Waals surface area contributed by atoms with Gasteiger partial charge in [-0.15, -0.1) is 0 Å². The molecule has 2 aromatic carbocycles. The van der Waals surface area contributed by atoms with E-state index in [9.17, 15) is 32.6 Å². The molecule has 6 rings (SSSR count). The number of carboxylic acid groups (broad SMARTS) is 1. The lowest BCUT2D eigenvalue weighted by Crippen LogP contribution is -2.50. The summed E-state index contributed by atoms with van der Waals surface area (Å²) in [7, 11) is 0. The van der Waals surface area contributed by atoms with Gasteiger partial charge >= 0.3 is 12.1 Å². The Morgan fingerprint density at radius 1 is 1.15 bits per heavy atom. The van der Waals surface area contributed by atoms with Crippen LogP contribution in [0.1, 0.15) is 40.2 Å². The predicted molar refractivity (Wildman–Crippen MR) is 137 cm³/mol. The number of nitrogens with zero attached hydrogens (tertiary/aromatic N) is 1. The highest BCUT2D eigenvalue weighted by atomic mass is 19.4. The number of pyridine rings is 1. The lowest BCUT2D eigenvalue weighted by atomic mass is 9.93. The molecule has 0 amide bonds. The Labute approximate surface area is 232 Å². The van der Waals surface area contributed by atoms with Crippen LogP contribution in [0.25, 0.3) is 11.1 Å². The standard InChI is InChI=1S/C30H27F4NO6/c1-15-6-18(40-5-4-29(38)13-39-14-29)2-3-19(15)20-8-17(24(31)10-23(20)30(32,33)34)12-41-25-9-16-7-21-26(22(16)11-35-25)27(21)28(36)37/h2-3,6,8-11,21,26-27,38H,4-5,7,12-14H2,1H3,(H,36,37). The average Bonchev–Trinajstić information content (AvgIpc) is 3.49. The number of alkyl halides is 3. The summed E-state index contributed by atoms with van der Waals surface area (Å²) < 4.78 is 73.1. The summed E-state index contributed by atoms with van der Waals surface area (Å²) in [6.45, 7) is 1.98. The fraction of sp³-hybridized carbons (Fsp3) is 0.400. The molecule has 11 heteroatoms. The van der Waals surface area contributed by atoms with Gasteiger partial charge in [-0.3, -0.25) is 4.79 Å². The maximum Gasteiger partial charge on any atom is 0.417 e. The van der Waals surface area contributed by atoms with Crippen LogP contribution in [0.4, 0.5) is 17.6 Å². The molecule has 216 valence electrons. The summed E-state index contributed by atoms with van der Waals surface area (Å²) in [5.41, 5.74) is 0.269. The molecule has 1 saturated heterocycles. The normalized spacial score (nSPS) is 22.0. The second kappa shape index (κ2) is 9.99. The van der Waals surface area contributed by atoms with Crippen molar-refractivity contribution in [3.05, 3.63) is 76.2 Å². The van der Waals surface area contributed by atoms with E-state index in [4.69, 9.17) is 14.2 Å². The number of aliphatic carboxylic acids is 1. The molecule has 3 aromatic rings. The zero-order chi connectivity index (χ0) is 29.1. The van der Waals surface area contributed by atoms with E-state index >= 15 is 0 Å². The zero-order valence-electron chi connectivity index (χ0n) is 22.0. The van der Waals surface area contributed by atoms with Gasteiger partial charge in [-0.25, -0.2) is 9.37 Å². The van der Waals surface area contributed by atoms with Gasteiger partial charge in [0.15, 0.2) is 0 Å². The number of aromatic nitrogens is 1. The maximum absolute atomic E-state index is 14.9. The monoisotopic (exact) mass is 573 g/mol. The molecule has 3 atom stereocenters. The van der Waals surface area contributed by atoms with Crippen molar-refractivity contribution in [2.24, 2.45) is 11.8 Å². The van der Waals surface area contributed by atoms with Gasteiger partial charge in [0.1, 0.15) is 23.8 Å². The quantitative estimate of drug-likeness (QED) is 0.336. The number of carboxylic acids is 1. The Morgan fingerprint density at radius 3 is 2.59 bits per heavy atom. The van der Waals surface area contributed by atoms with Gasteiger partial charge in [0.25, 0.3) is 0 Å². The van der Waals surface area contributed by atoms with Crippen molar-refractivity contribution in [1.29, 1.82) is 0 Å². The molecule has 1 saturated carbocycles. The fourth-order valence-corrected chi connectivity index (χ4v) is 5.89. The van der Waals surface area contributed by atoms with Crippen molar-refractivity contribution in [2.75, 3.05) is 19.8 Å². The summed E-state index contributed by atoms with van der Waals surface area (Å²) in [5.74, 6) is -1.66. The molecule has 0 radical (unpaired) electrons. The van der Waals surface area contributed by atoms with Crippen molar-refractivity contribution in [3.63, 3.8) is 0 Å². The summed E-state index contributed by atoms with van der Waals surface area (Å²) >= 11 is 0. The number of halogens is 4. The Balaban J connectivity index is 1.20. The van der Waals surface area contributed by atoms with E-state index in [1.54, 1.807) is 25.3 Å². The lowest BCUT2D eigenvalue weighted by Gasteiger charge is -2.36. The number of rotatable bonds is 9. The van der Waals surface area contributed by atoms with E-state index in [2.05, 4.69) is 4.98 Å². The number of hydrogen-bond acceptors (Lipinski definition) is 6. The third-order valence-corrected chi connectivity index (χ3v) is 8.20. The van der Waals surface area contributed by atoms with Crippen LogP contribution in [0.5, 0.6) is 11.6 Å². The van der Waals surface area contributed by atoms with Gasteiger partial charge in [0.2, 0.25) is 5.88 Å². The number of carbonyl (C=O) groups is 1. The van der Waals surface area contributed by atoms with Gasteiger partial charge in [0.05, 0.1) is 31.3 Å². The SMILES string of the molecule is Cc1cc(OCCC2(O)COC2)ccc1-c1cc(COc2cc3c(cn2)C2C(C3)C2C(=O)O)c(F)cc1C(F)(F)F. The minimum absolute atomic E-state index is 0.0400. The third-order valence-electron chi connectivity index (χ3n) is 8.20. The second-order valence-corrected chi connectivity index (χ2v) is 11.0. The highest BCUT2D eigenvalue weighted by Crippen LogP contribution is 2.61. The topological polar surface area (TPSA) is 98.1 Å². The third kappa shape index (κ3) is 5.24. The molecule has 2 fully saturated rings. The molecular weight excluding hydrogens is 546 g/mol. The molecule has 2 N–H and O–H groups in total. The molecule has 41 heavy (non-hydrogen) atoms. The first-order chi connectivity index (χ1) is 19.4. The summed E-state index contributed by atoms with van der Waals surface area (Å²) in [6, 6.07) is 7.95. The first kappa shape index (κ1) is 27.5. The Kier molecular flexibility index (Phi) is 6.69. The van der Waals surface area contributed by atoms with Crippen LogP contribution in [0.15, 0.2) is 42.6 Å². The van der Waals surface area contributed by atoms with Gasteiger partial charge < -0.3 is 24.4 Å². The van der Waals surface area contributed by atoms with Crippen LogP contribution in [-0.2, 0) is 28.7 Å². The first-order valence-electron chi connectivity index (χ1n) is 13.2. The molecule has 0 spiro atoms. The van der Waals surface area contributed by atoms with Gasteiger partial charge in [-0.1, -0.05) is 6.07 Å². The molecule has 3 unspecified atom stereocenters. The molecule has 2 aliphatic carbocycles. The molecule has 1 aliphatic heterocycles. The van der Waals surface area contributed by atoms with Crippen LogP contribution in [0.2, 0.25) is 0 Å². The van der Waals surface area contributed by atoms with E-state index in [1.165, 1.54) is 12.1 Å². The van der Waals surface area contributed by atoms with Crippen molar-refractivity contribution in [3.8, 4) is 22.8 Å². The second-order valence-electron chi connectivity index (χ2n) is 11.0. The van der Waals surface area contributed by atoms with Crippen molar-refractivity contribution < 1.29 is 46.8 Å². The highest BCUT2D eigenvalue weighted by molar-refractivity contribution is 5.78. The summed E-state index contributed by atoms with van der Waals surface area (Å²) in [5, 5.41) is 19.4. The van der Waals surface area contributed by atoms with Crippen LogP contribution >= 0.6 is 0 Å². The summed E-state index contributed by atoms with van der Waals surface area (Å²) in [6.07, 6.45) is -2.28. The van der Waals surface area contributed by atoms with E-state index in [0.717, 1.165) is 17.2 Å². The van der Waals surface area contributed by atoms with E-state index in [0.29, 0.717) is 30.2 Å². The number of fused-ring (bicyclic) bond motifs is 3. The molecule has 3 aliphatic rings. The minimum atomic E-state index is -4.80. The van der Waals surface area contributed by atoms with E-state index < -0.39 is 35.0 Å². The van der Waals surface area contributed by atoms with Crippen molar-refractivity contribution in [2.45, 2.75) is 44.1 Å². The largest absolute Gasteiger partial charge is 0.493 e. The molecule has 7 nitrogen and oxygen atoms in total. The summed E-state index contributed by atoms with van der Waals surface area (Å²) in [4.78, 5) is 15.5. The number of benzene rings is 2. The van der Waals surface area contributed by atoms with Gasteiger partial charge in [-0.2, -0.15) is 13.2 Å². The van der Waals surface area contributed by atoms with Crippen LogP contribution < -0.4 is 9.47 Å². The predicted octanol–water partition coefficient (Wildman–Crippen LogP) is 5.29. The lowest BCUT2D eigenvalue weighted by molar-refractivity contribution is -0.184. The Hall–Kier alpha value is -3.70. The zero-order valence-corrected chi connectivity index (χ0v) is 22.0. The average molecular weight is 574 g/mol. The molecule has 1 aromatic heterocycles. The van der Waals surface area contributed by atoms with Crippen LogP contribution in [0, 0.1) is 24.6 Å². The molecule has 0 bridgehead atoms. The molecule has 2 heterocycles. The fourth-order valence-electron chi connectivity index (χ4n) is 5.89. The number of aliphatic hydroxyl groups is 1. The Morgan fingerprint density at radius 2 is 1.93 bits per heavy atom. The number of hydrogen-bond donors (Lipinski definition) is 2. The number of aryl methyl sites for hydroxylation is 1. The van der Waals surface area contributed by atoms with Crippen LogP contribution in [0.3, 0.4) is 0 Å².